The van der Waals surface area contributed by atoms with Crippen LogP contribution in [-0.2, 0) is 16.4 Å². The van der Waals surface area contributed by atoms with Crippen molar-refractivity contribution in [2.75, 3.05) is 22.9 Å². The summed E-state index contributed by atoms with van der Waals surface area (Å²) in [5.41, 5.74) is 4.23. The lowest BCUT2D eigenvalue weighted by Crippen LogP contribution is -2.27. The molecule has 1 aliphatic carbocycles. The average Bonchev–Trinajstić information content (AvgIpc) is 3.23. The smallest absolute Gasteiger partial charge is 0.232 e. The monoisotopic (exact) mass is 493 g/mol. The van der Waals surface area contributed by atoms with Crippen LogP contribution in [0.1, 0.15) is 34.8 Å². The summed E-state index contributed by atoms with van der Waals surface area (Å²) in [6.07, 6.45) is 5.95. The van der Waals surface area contributed by atoms with E-state index in [1.54, 1.807) is 12.1 Å². The number of H-pyrrole nitrogens is 1. The second kappa shape index (κ2) is 7.99. The Morgan fingerprint density at radius 1 is 1.18 bits per heavy atom. The number of nitrogens with one attached hydrogen (secondary N) is 1. The van der Waals surface area contributed by atoms with Crippen molar-refractivity contribution < 1.29 is 13.2 Å². The summed E-state index contributed by atoms with van der Waals surface area (Å²) < 4.78 is 27.5. The van der Waals surface area contributed by atoms with Crippen molar-refractivity contribution in [3.8, 4) is 11.4 Å². The molecule has 3 heterocycles. The molecule has 34 heavy (non-hydrogen) atoms. The molecular formula is C24H23N5O3S2. The number of hydrogen-bond donors (Lipinski definition) is 1. The molecule has 0 amide bonds. The molecule has 1 N–H and O–H groups in total. The standard InChI is InChI=1S/C24H23N5O3S2/c1-34(31,32)28-11-10-15-12-16(6-9-21(15)28)22(30)14-33-24-27-26-23(29(24)17-7-8-17)19-13-25-20-5-3-2-4-18(19)20/h2-6,9,12-13,17,25H,7-8,10-11,14H2,1H3. The van der Waals surface area contributed by atoms with Gasteiger partial charge in [0.25, 0.3) is 0 Å². The number of sulfonamides is 1. The van der Waals surface area contributed by atoms with E-state index >= 15 is 0 Å². The lowest BCUT2D eigenvalue weighted by molar-refractivity contribution is 0.102. The molecular weight excluding hydrogens is 470 g/mol. The third-order valence-corrected chi connectivity index (χ3v) is 8.52. The molecule has 8 nitrogen and oxygen atoms in total. The SMILES string of the molecule is CS(=O)(=O)N1CCc2cc(C(=O)CSc3nnc(-c4c[nH]c5ccccc45)n3C3CC3)ccc21. The van der Waals surface area contributed by atoms with Gasteiger partial charge in [-0.1, -0.05) is 30.0 Å². The molecule has 2 aliphatic rings. The number of ketones is 1. The van der Waals surface area contributed by atoms with Crippen molar-refractivity contribution in [2.24, 2.45) is 0 Å². The molecule has 0 spiro atoms. The Morgan fingerprint density at radius 2 is 2.00 bits per heavy atom. The number of thioether (sulfide) groups is 1. The van der Waals surface area contributed by atoms with E-state index in [9.17, 15) is 13.2 Å². The first kappa shape index (κ1) is 21.4. The molecule has 2 aromatic heterocycles. The number of hydrogen-bond acceptors (Lipinski definition) is 6. The van der Waals surface area contributed by atoms with Gasteiger partial charge in [0.05, 0.1) is 17.7 Å². The molecule has 0 saturated heterocycles. The van der Waals surface area contributed by atoms with E-state index < -0.39 is 10.0 Å². The molecule has 0 bridgehead atoms. The van der Waals surface area contributed by atoms with Gasteiger partial charge in [-0.2, -0.15) is 0 Å². The van der Waals surface area contributed by atoms with Crippen LogP contribution in [0.15, 0.2) is 53.8 Å². The fraction of sp³-hybridized carbons (Fsp3) is 0.292. The molecule has 174 valence electrons. The number of para-hydroxylation sites is 1. The molecule has 1 saturated carbocycles. The summed E-state index contributed by atoms with van der Waals surface area (Å²) >= 11 is 1.40. The van der Waals surface area contributed by atoms with Crippen molar-refractivity contribution in [2.45, 2.75) is 30.5 Å². The van der Waals surface area contributed by atoms with Crippen LogP contribution in [0.4, 0.5) is 5.69 Å². The van der Waals surface area contributed by atoms with Crippen LogP contribution in [0, 0.1) is 0 Å². The van der Waals surface area contributed by atoms with Gasteiger partial charge in [-0.25, -0.2) is 8.42 Å². The van der Waals surface area contributed by atoms with Gasteiger partial charge >= 0.3 is 0 Å². The Balaban J connectivity index is 1.24. The number of fused-ring (bicyclic) bond motifs is 2. The summed E-state index contributed by atoms with van der Waals surface area (Å²) in [4.78, 5) is 16.3. The fourth-order valence-corrected chi connectivity index (χ4v) is 6.44. The van der Waals surface area contributed by atoms with E-state index in [1.807, 2.05) is 30.5 Å². The van der Waals surface area contributed by atoms with E-state index in [0.717, 1.165) is 45.9 Å². The number of carbonyl (C=O) groups is 1. The van der Waals surface area contributed by atoms with Gasteiger partial charge in [0.15, 0.2) is 16.8 Å². The minimum atomic E-state index is -3.31. The maximum Gasteiger partial charge on any atom is 0.232 e. The Bertz CT molecular complexity index is 1540. The third-order valence-electron chi connectivity index (χ3n) is 6.39. The molecule has 1 aliphatic heterocycles. The van der Waals surface area contributed by atoms with Crippen LogP contribution >= 0.6 is 11.8 Å². The highest BCUT2D eigenvalue weighted by atomic mass is 32.2. The summed E-state index contributed by atoms with van der Waals surface area (Å²) in [6, 6.07) is 13.8. The summed E-state index contributed by atoms with van der Waals surface area (Å²) in [6.45, 7) is 0.418. The second-order valence-corrected chi connectivity index (χ2v) is 11.6. The van der Waals surface area contributed by atoms with Gasteiger partial charge in [-0.05, 0) is 49.1 Å². The van der Waals surface area contributed by atoms with Crippen molar-refractivity contribution in [1.82, 2.24) is 19.7 Å². The van der Waals surface area contributed by atoms with Crippen molar-refractivity contribution >= 4 is 44.2 Å². The maximum absolute atomic E-state index is 13.0. The maximum atomic E-state index is 13.0. The highest BCUT2D eigenvalue weighted by Gasteiger charge is 2.31. The minimum absolute atomic E-state index is 0.00963. The highest BCUT2D eigenvalue weighted by molar-refractivity contribution is 7.99. The zero-order chi connectivity index (χ0) is 23.4. The number of anilines is 1. The van der Waals surface area contributed by atoms with Crippen molar-refractivity contribution in [3.63, 3.8) is 0 Å². The van der Waals surface area contributed by atoms with Crippen LogP contribution in [0.2, 0.25) is 0 Å². The molecule has 4 aromatic rings. The number of rotatable bonds is 7. The second-order valence-electron chi connectivity index (χ2n) is 8.80. The largest absolute Gasteiger partial charge is 0.360 e. The lowest BCUT2D eigenvalue weighted by Gasteiger charge is -2.16. The fourth-order valence-electron chi connectivity index (χ4n) is 4.58. The number of carbonyl (C=O) groups excluding carboxylic acids is 1. The van der Waals surface area contributed by atoms with Crippen LogP contribution in [-0.4, -0.2) is 52.5 Å². The third kappa shape index (κ3) is 3.70. The molecule has 0 atom stereocenters. The van der Waals surface area contributed by atoms with Crippen molar-refractivity contribution in [3.05, 3.63) is 59.8 Å². The van der Waals surface area contributed by atoms with Gasteiger partial charge in [0, 0.05) is 40.8 Å². The topological polar surface area (TPSA) is 101 Å². The van der Waals surface area contributed by atoms with Crippen LogP contribution < -0.4 is 4.31 Å². The Morgan fingerprint density at radius 3 is 2.79 bits per heavy atom. The summed E-state index contributed by atoms with van der Waals surface area (Å²) in [5.74, 6) is 1.06. The lowest BCUT2D eigenvalue weighted by atomic mass is 10.1. The zero-order valence-corrected chi connectivity index (χ0v) is 20.2. The highest BCUT2D eigenvalue weighted by Crippen LogP contribution is 2.42. The quantitative estimate of drug-likeness (QED) is 0.308. The van der Waals surface area contributed by atoms with E-state index in [-0.39, 0.29) is 11.5 Å². The number of aromatic amines is 1. The van der Waals surface area contributed by atoms with Crippen LogP contribution in [0.3, 0.4) is 0 Å². The van der Waals surface area contributed by atoms with Gasteiger partial charge in [-0.15, -0.1) is 10.2 Å². The normalized spacial score (nSPS) is 15.7. The molecule has 10 heteroatoms. The van der Waals surface area contributed by atoms with Crippen LogP contribution in [0.5, 0.6) is 0 Å². The van der Waals surface area contributed by atoms with Gasteiger partial charge < -0.3 is 4.98 Å². The minimum Gasteiger partial charge on any atom is -0.360 e. The summed E-state index contributed by atoms with van der Waals surface area (Å²) in [5, 5.41) is 10.8. The Labute approximate surface area is 201 Å². The Kier molecular flexibility index (Phi) is 5.03. The van der Waals surface area contributed by atoms with Crippen molar-refractivity contribution in [1.29, 1.82) is 0 Å². The molecule has 1 fully saturated rings. The van der Waals surface area contributed by atoms with E-state index in [1.165, 1.54) is 22.3 Å². The molecule has 2 aromatic carbocycles. The van der Waals surface area contributed by atoms with E-state index in [2.05, 4.69) is 25.8 Å². The number of aromatic nitrogens is 4. The first-order valence-electron chi connectivity index (χ1n) is 11.2. The number of nitrogens with zero attached hydrogens (tertiary/aromatic N) is 4. The first-order valence-corrected chi connectivity index (χ1v) is 14.0. The molecule has 0 unspecified atom stereocenters. The Hall–Kier alpha value is -3.11. The van der Waals surface area contributed by atoms with E-state index in [0.29, 0.717) is 30.3 Å². The van der Waals surface area contributed by atoms with E-state index in [4.69, 9.17) is 0 Å². The first-order chi connectivity index (χ1) is 16.4. The van der Waals surface area contributed by atoms with Gasteiger partial charge in [0.2, 0.25) is 10.0 Å². The predicted molar refractivity (Wildman–Crippen MR) is 133 cm³/mol. The summed E-state index contributed by atoms with van der Waals surface area (Å²) in [7, 11) is -3.31. The molecule has 6 rings (SSSR count). The number of benzene rings is 2. The molecule has 0 radical (unpaired) electrons. The van der Waals surface area contributed by atoms with Gasteiger partial charge in [-0.3, -0.25) is 13.7 Å². The van der Waals surface area contributed by atoms with Crippen LogP contribution in [0.25, 0.3) is 22.3 Å². The number of Topliss-reactive ketones (excluding diaryl/α,β-unsaturated/α-hetero) is 1. The predicted octanol–water partition coefficient (Wildman–Crippen LogP) is 4.06. The average molecular weight is 494 g/mol. The van der Waals surface area contributed by atoms with Gasteiger partial charge in [0.1, 0.15) is 0 Å². The zero-order valence-electron chi connectivity index (χ0n) is 18.6.